The molecule has 4 aliphatic carbocycles. The van der Waals surface area contributed by atoms with E-state index in [2.05, 4.69) is 16.9 Å². The molecule has 0 radical (unpaired) electrons. The molecule has 5 rings (SSSR count). The van der Waals surface area contributed by atoms with Crippen molar-refractivity contribution < 1.29 is 0 Å². The van der Waals surface area contributed by atoms with Gasteiger partial charge in [-0.2, -0.15) is 0 Å². The van der Waals surface area contributed by atoms with Gasteiger partial charge in [-0.15, -0.1) is 0 Å². The quantitative estimate of drug-likeness (QED) is 0.885. The minimum absolute atomic E-state index is 0.459. The van der Waals surface area contributed by atoms with Crippen LogP contribution in [-0.4, -0.2) is 9.97 Å². The summed E-state index contributed by atoms with van der Waals surface area (Å²) in [6.45, 7) is 2.20. The summed E-state index contributed by atoms with van der Waals surface area (Å²) in [5.74, 6) is 4.91. The average molecular weight is 257 g/mol. The van der Waals surface area contributed by atoms with Gasteiger partial charge in [0.1, 0.15) is 0 Å². The zero-order chi connectivity index (χ0) is 13.0. The molecular formula is C16H23N3. The molecule has 0 atom stereocenters. The molecule has 0 aliphatic heterocycles. The van der Waals surface area contributed by atoms with E-state index in [1.807, 2.05) is 6.20 Å². The number of rotatable bonds is 2. The van der Waals surface area contributed by atoms with Crippen molar-refractivity contribution in [1.82, 2.24) is 9.97 Å². The number of hydrogen-bond donors (Lipinski definition) is 1. The zero-order valence-corrected chi connectivity index (χ0v) is 11.7. The average Bonchev–Trinajstić information content (AvgIpc) is 2.37. The van der Waals surface area contributed by atoms with Crippen molar-refractivity contribution in [2.75, 3.05) is 5.73 Å². The standard InChI is InChI=1S/C16H23N3/c1-2-11-8-18-16(17)19-15(11)14-12-4-9-3-10(6-12)7-13(14)5-9/h8-10,12-14H,2-7H2,1H3,(H2,17,18,19). The van der Waals surface area contributed by atoms with Crippen LogP contribution >= 0.6 is 0 Å². The van der Waals surface area contributed by atoms with Crippen LogP contribution in [0.5, 0.6) is 0 Å². The first kappa shape index (κ1) is 11.7. The van der Waals surface area contributed by atoms with E-state index in [9.17, 15) is 0 Å². The van der Waals surface area contributed by atoms with Crippen molar-refractivity contribution in [3.05, 3.63) is 17.5 Å². The topological polar surface area (TPSA) is 51.8 Å². The molecule has 0 aromatic carbocycles. The minimum atomic E-state index is 0.459. The molecule has 4 saturated carbocycles. The second kappa shape index (κ2) is 4.19. The third-order valence-electron chi connectivity index (χ3n) is 5.84. The number of hydrogen-bond acceptors (Lipinski definition) is 3. The monoisotopic (exact) mass is 257 g/mol. The second-order valence-corrected chi connectivity index (χ2v) is 6.95. The van der Waals surface area contributed by atoms with Gasteiger partial charge in [0, 0.05) is 12.1 Å². The molecule has 102 valence electrons. The van der Waals surface area contributed by atoms with Crippen molar-refractivity contribution in [2.24, 2.45) is 23.7 Å². The highest BCUT2D eigenvalue weighted by atomic mass is 15.0. The zero-order valence-electron chi connectivity index (χ0n) is 11.7. The first-order valence-corrected chi connectivity index (χ1v) is 7.85. The Morgan fingerprint density at radius 1 is 1.11 bits per heavy atom. The summed E-state index contributed by atoms with van der Waals surface area (Å²) in [4.78, 5) is 8.85. The highest BCUT2D eigenvalue weighted by molar-refractivity contribution is 5.30. The molecule has 0 amide bonds. The van der Waals surface area contributed by atoms with Gasteiger partial charge < -0.3 is 5.73 Å². The van der Waals surface area contributed by atoms with Gasteiger partial charge in [0.15, 0.2) is 0 Å². The second-order valence-electron chi connectivity index (χ2n) is 6.95. The van der Waals surface area contributed by atoms with Gasteiger partial charge in [-0.1, -0.05) is 6.92 Å². The molecule has 4 fully saturated rings. The SMILES string of the molecule is CCc1cnc(N)nc1C1C2CC3CC(C2)CC1C3. The van der Waals surface area contributed by atoms with Crippen molar-refractivity contribution in [2.45, 2.75) is 51.4 Å². The summed E-state index contributed by atoms with van der Waals surface area (Å²) in [6.07, 6.45) is 10.2. The van der Waals surface area contributed by atoms with Crippen LogP contribution < -0.4 is 5.73 Å². The Hall–Kier alpha value is -1.12. The molecule has 0 saturated heterocycles. The molecule has 4 bridgehead atoms. The number of anilines is 1. The molecule has 0 spiro atoms. The molecular weight excluding hydrogens is 234 g/mol. The third kappa shape index (κ3) is 1.78. The minimum Gasteiger partial charge on any atom is -0.368 e. The Morgan fingerprint density at radius 3 is 2.32 bits per heavy atom. The van der Waals surface area contributed by atoms with Gasteiger partial charge in [-0.05, 0) is 67.8 Å². The van der Waals surface area contributed by atoms with Crippen molar-refractivity contribution in [1.29, 1.82) is 0 Å². The predicted octanol–water partition coefficient (Wildman–Crippen LogP) is 3.16. The molecule has 3 heteroatoms. The van der Waals surface area contributed by atoms with E-state index in [1.165, 1.54) is 43.4 Å². The van der Waals surface area contributed by atoms with E-state index in [4.69, 9.17) is 5.73 Å². The first-order chi connectivity index (χ1) is 9.24. The summed E-state index contributed by atoms with van der Waals surface area (Å²) < 4.78 is 0. The molecule has 3 nitrogen and oxygen atoms in total. The molecule has 4 aliphatic rings. The Labute approximate surface area is 115 Å². The van der Waals surface area contributed by atoms with Crippen LogP contribution in [0.25, 0.3) is 0 Å². The van der Waals surface area contributed by atoms with Crippen molar-refractivity contribution in [3.8, 4) is 0 Å². The van der Waals surface area contributed by atoms with Gasteiger partial charge in [-0.3, -0.25) is 0 Å². The normalized spacial score (nSPS) is 39.7. The first-order valence-electron chi connectivity index (χ1n) is 7.85. The molecule has 2 N–H and O–H groups in total. The van der Waals surface area contributed by atoms with Crippen molar-refractivity contribution >= 4 is 5.95 Å². The van der Waals surface area contributed by atoms with Gasteiger partial charge in [0.25, 0.3) is 0 Å². The lowest BCUT2D eigenvalue weighted by Crippen LogP contribution is -2.44. The maximum Gasteiger partial charge on any atom is 0.220 e. The molecule has 1 heterocycles. The van der Waals surface area contributed by atoms with Crippen LogP contribution in [-0.2, 0) is 6.42 Å². The maximum atomic E-state index is 5.85. The summed E-state index contributed by atoms with van der Waals surface area (Å²) in [6, 6.07) is 0. The van der Waals surface area contributed by atoms with E-state index in [-0.39, 0.29) is 0 Å². The molecule has 1 aromatic heterocycles. The molecule has 19 heavy (non-hydrogen) atoms. The largest absolute Gasteiger partial charge is 0.368 e. The highest BCUT2D eigenvalue weighted by Crippen LogP contribution is 2.59. The van der Waals surface area contributed by atoms with Crippen LogP contribution in [0.2, 0.25) is 0 Å². The van der Waals surface area contributed by atoms with Gasteiger partial charge in [-0.25, -0.2) is 9.97 Å². The lowest BCUT2D eigenvalue weighted by molar-refractivity contribution is -0.00443. The van der Waals surface area contributed by atoms with Crippen LogP contribution in [0, 0.1) is 23.7 Å². The van der Waals surface area contributed by atoms with Gasteiger partial charge >= 0.3 is 0 Å². The molecule has 0 unspecified atom stereocenters. The van der Waals surface area contributed by atoms with E-state index >= 15 is 0 Å². The predicted molar refractivity (Wildman–Crippen MR) is 75.6 cm³/mol. The lowest BCUT2D eigenvalue weighted by atomic mass is 9.51. The Balaban J connectivity index is 1.74. The fraction of sp³-hybridized carbons (Fsp3) is 0.750. The van der Waals surface area contributed by atoms with E-state index in [0.717, 1.165) is 30.1 Å². The van der Waals surface area contributed by atoms with Gasteiger partial charge in [0.05, 0.1) is 5.69 Å². The van der Waals surface area contributed by atoms with E-state index in [0.29, 0.717) is 11.9 Å². The Bertz CT molecular complexity index is 469. The number of aryl methyl sites for hydroxylation is 1. The number of aromatic nitrogens is 2. The summed E-state index contributed by atoms with van der Waals surface area (Å²) >= 11 is 0. The van der Waals surface area contributed by atoms with Crippen molar-refractivity contribution in [3.63, 3.8) is 0 Å². The number of nitrogens with zero attached hydrogens (tertiary/aromatic N) is 2. The van der Waals surface area contributed by atoms with Crippen LogP contribution in [0.1, 0.15) is 56.2 Å². The van der Waals surface area contributed by atoms with E-state index < -0.39 is 0 Å². The van der Waals surface area contributed by atoms with Crippen LogP contribution in [0.3, 0.4) is 0 Å². The highest BCUT2D eigenvalue weighted by Gasteiger charge is 2.49. The summed E-state index contributed by atoms with van der Waals surface area (Å²) in [5.41, 5.74) is 8.47. The van der Waals surface area contributed by atoms with Crippen LogP contribution in [0.15, 0.2) is 6.20 Å². The van der Waals surface area contributed by atoms with Gasteiger partial charge in [0.2, 0.25) is 5.95 Å². The van der Waals surface area contributed by atoms with E-state index in [1.54, 1.807) is 0 Å². The third-order valence-corrected chi connectivity index (χ3v) is 5.84. The summed E-state index contributed by atoms with van der Waals surface area (Å²) in [5, 5.41) is 0. The number of nitrogens with two attached hydrogens (primary N) is 1. The fourth-order valence-corrected chi connectivity index (χ4v) is 5.37. The molecule has 1 aromatic rings. The fourth-order valence-electron chi connectivity index (χ4n) is 5.37. The maximum absolute atomic E-state index is 5.85. The Kier molecular flexibility index (Phi) is 2.58. The Morgan fingerprint density at radius 2 is 1.74 bits per heavy atom. The van der Waals surface area contributed by atoms with Crippen LogP contribution in [0.4, 0.5) is 5.95 Å². The lowest BCUT2D eigenvalue weighted by Gasteiger charge is -2.54. The smallest absolute Gasteiger partial charge is 0.220 e. The summed E-state index contributed by atoms with van der Waals surface area (Å²) in [7, 11) is 0. The number of nitrogen functional groups attached to an aromatic ring is 1.